The fraction of sp³-hybridized carbons (Fsp3) is 0.367. The quantitative estimate of drug-likeness (QED) is 0.356. The molecular weight excluding hydrogens is 490 g/mol. The summed E-state index contributed by atoms with van der Waals surface area (Å²) in [6.45, 7) is 7.33. The maximum absolute atomic E-state index is 12.2. The molecular formula is C30H37N7O2. The van der Waals surface area contributed by atoms with E-state index >= 15 is 0 Å². The average Bonchev–Trinajstić information content (AvgIpc) is 3.29. The van der Waals surface area contributed by atoms with Gasteiger partial charge in [0.05, 0.1) is 18.0 Å². The molecule has 1 fully saturated rings. The SMILES string of the molecule is CC(C)n1cc2c(NC(c3ccccc3)c3ccccc3)nc(N3CCN(CC(=O)N(C)C)CC3)nc2c1O. The average molecular weight is 528 g/mol. The maximum Gasteiger partial charge on any atom is 0.236 e. The molecule has 2 aromatic heterocycles. The van der Waals surface area contributed by atoms with Crippen LogP contribution in [0.15, 0.2) is 66.9 Å². The van der Waals surface area contributed by atoms with E-state index in [1.165, 1.54) is 0 Å². The highest BCUT2D eigenvalue weighted by Gasteiger charge is 2.26. The number of hydrogen-bond donors (Lipinski definition) is 2. The molecule has 3 heterocycles. The Labute approximate surface area is 229 Å². The number of anilines is 2. The predicted molar refractivity (Wildman–Crippen MR) is 155 cm³/mol. The Morgan fingerprint density at radius 2 is 1.54 bits per heavy atom. The Morgan fingerprint density at radius 3 is 2.08 bits per heavy atom. The molecule has 1 aliphatic rings. The second kappa shape index (κ2) is 11.3. The Bertz CT molecular complexity index is 1370. The molecule has 1 amide bonds. The molecule has 1 aliphatic heterocycles. The first-order valence-corrected chi connectivity index (χ1v) is 13.5. The van der Waals surface area contributed by atoms with Crippen LogP contribution in [-0.2, 0) is 4.79 Å². The molecule has 9 heteroatoms. The first kappa shape index (κ1) is 26.5. The lowest BCUT2D eigenvalue weighted by molar-refractivity contribution is -0.129. The van der Waals surface area contributed by atoms with Gasteiger partial charge in [0, 0.05) is 52.5 Å². The second-order valence-electron chi connectivity index (χ2n) is 10.5. The molecule has 2 aromatic carbocycles. The van der Waals surface area contributed by atoms with Crippen LogP contribution in [0.5, 0.6) is 5.88 Å². The molecule has 0 saturated carbocycles. The van der Waals surface area contributed by atoms with Crippen molar-refractivity contribution in [1.82, 2.24) is 24.3 Å². The Morgan fingerprint density at radius 1 is 0.949 bits per heavy atom. The Balaban J connectivity index is 1.52. The van der Waals surface area contributed by atoms with Crippen LogP contribution in [0.1, 0.15) is 37.1 Å². The summed E-state index contributed by atoms with van der Waals surface area (Å²) in [5.41, 5.74) is 2.76. The monoisotopic (exact) mass is 527 g/mol. The first-order chi connectivity index (χ1) is 18.8. The van der Waals surface area contributed by atoms with Crippen molar-refractivity contribution < 1.29 is 9.90 Å². The van der Waals surface area contributed by atoms with Crippen molar-refractivity contribution in [3.8, 4) is 5.88 Å². The number of aromatic hydroxyl groups is 1. The van der Waals surface area contributed by atoms with Crippen LogP contribution < -0.4 is 10.2 Å². The number of nitrogens with zero attached hydrogens (tertiary/aromatic N) is 6. The van der Waals surface area contributed by atoms with Gasteiger partial charge >= 0.3 is 0 Å². The van der Waals surface area contributed by atoms with Gasteiger partial charge in [0.15, 0.2) is 0 Å². The van der Waals surface area contributed by atoms with Crippen LogP contribution in [0, 0.1) is 0 Å². The normalized spacial score (nSPS) is 14.4. The van der Waals surface area contributed by atoms with E-state index in [0.29, 0.717) is 36.9 Å². The highest BCUT2D eigenvalue weighted by Crippen LogP contribution is 2.36. The van der Waals surface area contributed by atoms with Gasteiger partial charge in [0.25, 0.3) is 0 Å². The second-order valence-corrected chi connectivity index (χ2v) is 10.5. The molecule has 0 aliphatic carbocycles. The van der Waals surface area contributed by atoms with Gasteiger partial charge in [-0.05, 0) is 25.0 Å². The summed E-state index contributed by atoms with van der Waals surface area (Å²) >= 11 is 0. The van der Waals surface area contributed by atoms with Crippen molar-refractivity contribution in [2.24, 2.45) is 0 Å². The van der Waals surface area contributed by atoms with Crippen molar-refractivity contribution in [2.45, 2.75) is 25.9 Å². The van der Waals surface area contributed by atoms with E-state index in [1.807, 2.05) is 61.0 Å². The molecule has 0 radical (unpaired) electrons. The number of piperazine rings is 1. The van der Waals surface area contributed by atoms with Gasteiger partial charge in [0.2, 0.25) is 17.7 Å². The van der Waals surface area contributed by atoms with Crippen molar-refractivity contribution >= 4 is 28.6 Å². The van der Waals surface area contributed by atoms with Crippen molar-refractivity contribution in [3.05, 3.63) is 78.0 Å². The summed E-state index contributed by atoms with van der Waals surface area (Å²) in [7, 11) is 3.56. The molecule has 204 valence electrons. The van der Waals surface area contributed by atoms with E-state index in [-0.39, 0.29) is 23.9 Å². The smallest absolute Gasteiger partial charge is 0.236 e. The van der Waals surface area contributed by atoms with Crippen LogP contribution >= 0.6 is 0 Å². The van der Waals surface area contributed by atoms with Crippen LogP contribution in [0.3, 0.4) is 0 Å². The minimum atomic E-state index is -0.142. The number of aromatic nitrogens is 3. The van der Waals surface area contributed by atoms with Gasteiger partial charge in [-0.3, -0.25) is 9.69 Å². The number of rotatable bonds is 8. The zero-order valence-electron chi connectivity index (χ0n) is 23.1. The van der Waals surface area contributed by atoms with Gasteiger partial charge in [-0.2, -0.15) is 4.98 Å². The first-order valence-electron chi connectivity index (χ1n) is 13.5. The summed E-state index contributed by atoms with van der Waals surface area (Å²) in [5.74, 6) is 1.48. The minimum absolute atomic E-state index is 0.0623. The molecule has 0 spiro atoms. The number of carbonyl (C=O) groups excluding carboxylic acids is 1. The van der Waals surface area contributed by atoms with E-state index < -0.39 is 0 Å². The number of hydrogen-bond acceptors (Lipinski definition) is 7. The van der Waals surface area contributed by atoms with Crippen LogP contribution in [0.25, 0.3) is 10.9 Å². The van der Waals surface area contributed by atoms with Crippen LogP contribution in [-0.4, -0.2) is 82.2 Å². The summed E-state index contributed by atoms with van der Waals surface area (Å²) in [6.07, 6.45) is 1.93. The largest absolute Gasteiger partial charge is 0.493 e. The number of fused-ring (bicyclic) bond motifs is 1. The molecule has 9 nitrogen and oxygen atoms in total. The number of nitrogens with one attached hydrogen (secondary N) is 1. The fourth-order valence-corrected chi connectivity index (χ4v) is 4.94. The molecule has 5 rings (SSSR count). The molecule has 0 unspecified atom stereocenters. The molecule has 4 aromatic rings. The number of likely N-dealkylation sites (N-methyl/N-ethyl adjacent to an activating group) is 1. The highest BCUT2D eigenvalue weighted by atomic mass is 16.3. The van der Waals surface area contributed by atoms with Gasteiger partial charge in [-0.25, -0.2) is 4.98 Å². The van der Waals surface area contributed by atoms with E-state index in [9.17, 15) is 9.90 Å². The van der Waals surface area contributed by atoms with Gasteiger partial charge < -0.3 is 24.8 Å². The molecule has 0 atom stereocenters. The lowest BCUT2D eigenvalue weighted by Gasteiger charge is -2.35. The Hall–Kier alpha value is -4.11. The molecule has 39 heavy (non-hydrogen) atoms. The summed E-state index contributed by atoms with van der Waals surface area (Å²) in [5, 5.41) is 15.6. The van der Waals surface area contributed by atoms with E-state index in [0.717, 1.165) is 29.6 Å². The zero-order chi connectivity index (χ0) is 27.5. The van der Waals surface area contributed by atoms with E-state index in [1.54, 1.807) is 19.0 Å². The molecule has 2 N–H and O–H groups in total. The van der Waals surface area contributed by atoms with Crippen LogP contribution in [0.2, 0.25) is 0 Å². The lowest BCUT2D eigenvalue weighted by atomic mass is 9.98. The van der Waals surface area contributed by atoms with Crippen molar-refractivity contribution in [2.75, 3.05) is 57.0 Å². The summed E-state index contributed by atoms with van der Waals surface area (Å²) in [4.78, 5) is 28.0. The minimum Gasteiger partial charge on any atom is -0.493 e. The van der Waals surface area contributed by atoms with E-state index in [2.05, 4.69) is 39.4 Å². The van der Waals surface area contributed by atoms with Crippen LogP contribution in [0.4, 0.5) is 11.8 Å². The Kier molecular flexibility index (Phi) is 7.70. The number of amides is 1. The highest BCUT2D eigenvalue weighted by molar-refractivity contribution is 5.94. The van der Waals surface area contributed by atoms with Crippen molar-refractivity contribution in [3.63, 3.8) is 0 Å². The van der Waals surface area contributed by atoms with E-state index in [4.69, 9.17) is 9.97 Å². The third-order valence-electron chi connectivity index (χ3n) is 7.27. The third-order valence-corrected chi connectivity index (χ3v) is 7.27. The predicted octanol–water partition coefficient (Wildman–Crippen LogP) is 4.13. The van der Waals surface area contributed by atoms with Crippen molar-refractivity contribution in [1.29, 1.82) is 0 Å². The summed E-state index contributed by atoms with van der Waals surface area (Å²) in [6, 6.07) is 20.5. The molecule has 0 bridgehead atoms. The molecule has 1 saturated heterocycles. The third kappa shape index (κ3) is 5.68. The lowest BCUT2D eigenvalue weighted by Crippen LogP contribution is -2.49. The zero-order valence-corrected chi connectivity index (χ0v) is 23.1. The summed E-state index contributed by atoms with van der Waals surface area (Å²) < 4.78 is 1.83. The number of benzene rings is 2. The van der Waals surface area contributed by atoms with Gasteiger partial charge in [0.1, 0.15) is 11.3 Å². The van der Waals surface area contributed by atoms with Gasteiger partial charge in [-0.1, -0.05) is 60.7 Å². The maximum atomic E-state index is 12.2. The topological polar surface area (TPSA) is 89.8 Å². The van der Waals surface area contributed by atoms with Gasteiger partial charge in [-0.15, -0.1) is 0 Å². The standard InChI is InChI=1S/C30H37N7O2/c1-21(2)37-19-24-27(29(37)39)32-30(36-17-15-35(16-18-36)20-25(38)34(3)4)33-28(24)31-26(22-11-7-5-8-12-22)23-13-9-6-10-14-23/h5-14,19,21,26,39H,15-18,20H2,1-4H3,(H,31,32,33). The number of carbonyl (C=O) groups is 1. The fourth-order valence-electron chi connectivity index (χ4n) is 4.94.